The van der Waals surface area contributed by atoms with Crippen LogP contribution in [-0.4, -0.2) is 7.05 Å². The highest BCUT2D eigenvalue weighted by atomic mass is 35.5. The van der Waals surface area contributed by atoms with E-state index in [9.17, 15) is 0 Å². The Morgan fingerprint density at radius 1 is 1.46 bits per heavy atom. The molecule has 0 unspecified atom stereocenters. The minimum absolute atomic E-state index is 0.667. The van der Waals surface area contributed by atoms with Crippen LogP contribution in [0.4, 0.5) is 0 Å². The van der Waals surface area contributed by atoms with Gasteiger partial charge in [-0.25, -0.2) is 0 Å². The van der Waals surface area contributed by atoms with Crippen LogP contribution in [-0.2, 0) is 6.54 Å². The molecule has 0 aliphatic heterocycles. The number of halogens is 1. The average Bonchev–Trinajstić information content (AvgIpc) is 2.51. The van der Waals surface area contributed by atoms with Crippen molar-refractivity contribution in [3.8, 4) is 0 Å². The van der Waals surface area contributed by atoms with E-state index in [0.29, 0.717) is 5.02 Å². The summed E-state index contributed by atoms with van der Waals surface area (Å²) < 4.78 is 5.36. The molecule has 0 saturated heterocycles. The highest BCUT2D eigenvalue weighted by Crippen LogP contribution is 2.27. The van der Waals surface area contributed by atoms with E-state index in [2.05, 4.69) is 5.32 Å². The molecule has 1 N–H and O–H groups in total. The molecule has 2 rings (SSSR count). The summed E-state index contributed by atoms with van der Waals surface area (Å²) in [4.78, 5) is 0. The number of hydrogen-bond acceptors (Lipinski definition) is 2. The van der Waals surface area contributed by atoms with Crippen molar-refractivity contribution < 1.29 is 4.42 Å². The molecule has 0 amide bonds. The van der Waals surface area contributed by atoms with E-state index in [0.717, 1.165) is 23.1 Å². The Morgan fingerprint density at radius 3 is 3.08 bits per heavy atom. The van der Waals surface area contributed by atoms with Crippen molar-refractivity contribution in [1.29, 1.82) is 0 Å². The molecule has 3 heteroatoms. The second-order valence-corrected chi connectivity index (χ2v) is 3.31. The van der Waals surface area contributed by atoms with E-state index in [4.69, 9.17) is 16.0 Å². The van der Waals surface area contributed by atoms with Gasteiger partial charge >= 0.3 is 0 Å². The Kier molecular flexibility index (Phi) is 2.25. The van der Waals surface area contributed by atoms with Crippen LogP contribution in [0.5, 0.6) is 0 Å². The molecule has 0 saturated carbocycles. The second kappa shape index (κ2) is 3.40. The first-order valence-electron chi connectivity index (χ1n) is 4.12. The quantitative estimate of drug-likeness (QED) is 0.797. The Labute approximate surface area is 81.5 Å². The van der Waals surface area contributed by atoms with Gasteiger partial charge < -0.3 is 9.73 Å². The third-order valence-corrected chi connectivity index (χ3v) is 2.30. The van der Waals surface area contributed by atoms with E-state index in [-0.39, 0.29) is 0 Å². The van der Waals surface area contributed by atoms with Gasteiger partial charge in [0, 0.05) is 17.5 Å². The van der Waals surface area contributed by atoms with Crippen LogP contribution in [0.3, 0.4) is 0 Å². The first-order chi connectivity index (χ1) is 6.33. The van der Waals surface area contributed by atoms with Crippen molar-refractivity contribution in [2.24, 2.45) is 0 Å². The second-order valence-electron chi connectivity index (χ2n) is 2.91. The number of nitrogens with one attached hydrogen (secondary N) is 1. The van der Waals surface area contributed by atoms with Crippen LogP contribution in [0.15, 0.2) is 28.9 Å². The molecular weight excluding hydrogens is 186 g/mol. The molecule has 13 heavy (non-hydrogen) atoms. The first-order valence-corrected chi connectivity index (χ1v) is 4.50. The lowest BCUT2D eigenvalue weighted by atomic mass is 10.2. The van der Waals surface area contributed by atoms with E-state index in [1.807, 2.05) is 25.2 Å². The molecule has 0 fully saturated rings. The lowest BCUT2D eigenvalue weighted by Gasteiger charge is -1.95. The van der Waals surface area contributed by atoms with Gasteiger partial charge in [-0.05, 0) is 13.1 Å². The number of benzene rings is 1. The van der Waals surface area contributed by atoms with E-state index in [1.165, 1.54) is 0 Å². The van der Waals surface area contributed by atoms with Crippen molar-refractivity contribution in [2.75, 3.05) is 7.05 Å². The molecular formula is C10H10ClNO. The topological polar surface area (TPSA) is 25.2 Å². The molecule has 0 atom stereocenters. The molecule has 1 aromatic carbocycles. The highest BCUT2D eigenvalue weighted by Gasteiger charge is 2.06. The molecule has 1 heterocycles. The summed E-state index contributed by atoms with van der Waals surface area (Å²) in [5.74, 6) is 0. The predicted molar refractivity (Wildman–Crippen MR) is 54.0 cm³/mol. The van der Waals surface area contributed by atoms with Gasteiger partial charge in [-0.1, -0.05) is 23.7 Å². The molecule has 0 spiro atoms. The average molecular weight is 196 g/mol. The van der Waals surface area contributed by atoms with Gasteiger partial charge in [-0.2, -0.15) is 0 Å². The van der Waals surface area contributed by atoms with Gasteiger partial charge in [0.15, 0.2) is 5.58 Å². The number of rotatable bonds is 2. The predicted octanol–water partition coefficient (Wildman–Crippen LogP) is 2.81. The van der Waals surface area contributed by atoms with Gasteiger partial charge in [0.25, 0.3) is 0 Å². The molecule has 68 valence electrons. The van der Waals surface area contributed by atoms with Crippen molar-refractivity contribution in [3.63, 3.8) is 0 Å². The van der Waals surface area contributed by atoms with Crippen LogP contribution in [0.1, 0.15) is 5.56 Å². The third-order valence-electron chi connectivity index (χ3n) is 2.00. The summed E-state index contributed by atoms with van der Waals surface area (Å²) in [5.41, 5.74) is 1.91. The van der Waals surface area contributed by atoms with Crippen molar-refractivity contribution in [2.45, 2.75) is 6.54 Å². The van der Waals surface area contributed by atoms with Gasteiger partial charge in [0.05, 0.1) is 11.3 Å². The molecule has 0 aliphatic rings. The normalized spacial score (nSPS) is 10.9. The fourth-order valence-electron chi connectivity index (χ4n) is 1.40. The monoisotopic (exact) mass is 195 g/mol. The van der Waals surface area contributed by atoms with Gasteiger partial charge in [-0.3, -0.25) is 0 Å². The lowest BCUT2D eigenvalue weighted by molar-refractivity contribution is 0.607. The zero-order chi connectivity index (χ0) is 9.26. The SMILES string of the molecule is CNCc1coc2c(Cl)cccc12. The minimum Gasteiger partial charge on any atom is -0.462 e. The molecule has 0 radical (unpaired) electrons. The Balaban J connectivity index is 2.61. The Bertz CT molecular complexity index is 422. The van der Waals surface area contributed by atoms with Gasteiger partial charge in [0.1, 0.15) is 0 Å². The van der Waals surface area contributed by atoms with Gasteiger partial charge in [-0.15, -0.1) is 0 Å². The fourth-order valence-corrected chi connectivity index (χ4v) is 1.62. The number of furan rings is 1. The van der Waals surface area contributed by atoms with Crippen LogP contribution < -0.4 is 5.32 Å². The Hall–Kier alpha value is -0.990. The van der Waals surface area contributed by atoms with Crippen LogP contribution >= 0.6 is 11.6 Å². The number of fused-ring (bicyclic) bond motifs is 1. The molecule has 2 nitrogen and oxygen atoms in total. The van der Waals surface area contributed by atoms with Crippen LogP contribution in [0.2, 0.25) is 5.02 Å². The summed E-state index contributed by atoms with van der Waals surface area (Å²) >= 11 is 5.96. The standard InChI is InChI=1S/C10H10ClNO/c1-12-5-7-6-13-10-8(7)3-2-4-9(10)11/h2-4,6,12H,5H2,1H3. The third kappa shape index (κ3) is 1.43. The maximum Gasteiger partial charge on any atom is 0.152 e. The maximum atomic E-state index is 5.96. The zero-order valence-corrected chi connectivity index (χ0v) is 8.06. The maximum absolute atomic E-state index is 5.96. The zero-order valence-electron chi connectivity index (χ0n) is 7.30. The van der Waals surface area contributed by atoms with E-state index < -0.39 is 0 Å². The summed E-state index contributed by atoms with van der Waals surface area (Å²) in [6, 6.07) is 5.77. The first kappa shape index (κ1) is 8.60. The van der Waals surface area contributed by atoms with E-state index in [1.54, 1.807) is 6.26 Å². The largest absolute Gasteiger partial charge is 0.462 e. The number of hydrogen-bond donors (Lipinski definition) is 1. The smallest absolute Gasteiger partial charge is 0.152 e. The molecule has 1 aromatic heterocycles. The lowest BCUT2D eigenvalue weighted by Crippen LogP contribution is -2.03. The van der Waals surface area contributed by atoms with Crippen molar-refractivity contribution >= 4 is 22.6 Å². The van der Waals surface area contributed by atoms with Gasteiger partial charge in [0.2, 0.25) is 0 Å². The highest BCUT2D eigenvalue weighted by molar-refractivity contribution is 6.34. The van der Waals surface area contributed by atoms with Crippen molar-refractivity contribution in [1.82, 2.24) is 5.32 Å². The number of para-hydroxylation sites is 1. The summed E-state index contributed by atoms with van der Waals surface area (Å²) in [6.07, 6.45) is 1.74. The Morgan fingerprint density at radius 2 is 2.31 bits per heavy atom. The molecule has 2 aromatic rings. The molecule has 0 bridgehead atoms. The van der Waals surface area contributed by atoms with Crippen LogP contribution in [0, 0.1) is 0 Å². The minimum atomic E-state index is 0.667. The van der Waals surface area contributed by atoms with E-state index >= 15 is 0 Å². The summed E-state index contributed by atoms with van der Waals surface area (Å²) in [6.45, 7) is 0.799. The van der Waals surface area contributed by atoms with Crippen LogP contribution in [0.25, 0.3) is 11.0 Å². The molecule has 0 aliphatic carbocycles. The summed E-state index contributed by atoms with van der Waals surface area (Å²) in [7, 11) is 1.91. The van der Waals surface area contributed by atoms with Crippen molar-refractivity contribution in [3.05, 3.63) is 35.0 Å². The fraction of sp³-hybridized carbons (Fsp3) is 0.200. The summed E-state index contributed by atoms with van der Waals surface area (Å²) in [5, 5.41) is 4.83.